The fraction of sp³-hybridized carbons (Fsp3) is 1.00. The maximum atomic E-state index is 3.53. The van der Waals surface area contributed by atoms with Crippen molar-refractivity contribution < 1.29 is 0 Å². The normalized spacial score (nSPS) is 37.5. The van der Waals surface area contributed by atoms with Gasteiger partial charge in [0.1, 0.15) is 0 Å². The van der Waals surface area contributed by atoms with Crippen molar-refractivity contribution in [1.82, 2.24) is 5.32 Å². The second kappa shape index (κ2) is 5.27. The molecule has 1 N–H and O–H groups in total. The predicted octanol–water partition coefficient (Wildman–Crippen LogP) is 3.77. The third-order valence-corrected chi connectivity index (χ3v) is 5.47. The second-order valence-corrected chi connectivity index (χ2v) is 6.30. The maximum absolute atomic E-state index is 3.53. The number of piperidine rings is 1. The molecule has 0 aromatic rings. The molecule has 1 saturated heterocycles. The van der Waals surface area contributed by atoms with Crippen LogP contribution in [0.1, 0.15) is 57.8 Å². The minimum Gasteiger partial charge on any atom is -0.317 e. The van der Waals surface area contributed by atoms with Crippen LogP contribution in [0.15, 0.2) is 0 Å². The Morgan fingerprint density at radius 2 is 1.50 bits per heavy atom. The Morgan fingerprint density at radius 1 is 0.812 bits per heavy atom. The number of rotatable bonds is 0. The molecule has 0 aromatic carbocycles. The topological polar surface area (TPSA) is 12.0 Å². The van der Waals surface area contributed by atoms with Gasteiger partial charge in [-0.05, 0) is 62.4 Å². The van der Waals surface area contributed by atoms with E-state index in [0.717, 1.165) is 17.3 Å². The maximum Gasteiger partial charge on any atom is -0.00436 e. The summed E-state index contributed by atoms with van der Waals surface area (Å²) in [6, 6.07) is 0. The summed E-state index contributed by atoms with van der Waals surface area (Å²) in [4.78, 5) is 0. The van der Waals surface area contributed by atoms with Crippen molar-refractivity contribution in [2.45, 2.75) is 57.8 Å². The van der Waals surface area contributed by atoms with Crippen molar-refractivity contribution >= 4 is 12.4 Å². The van der Waals surface area contributed by atoms with Crippen LogP contribution in [-0.2, 0) is 0 Å². The van der Waals surface area contributed by atoms with E-state index in [0.29, 0.717) is 0 Å². The molecule has 3 aliphatic rings. The molecular formula is C14H26ClN. The summed E-state index contributed by atoms with van der Waals surface area (Å²) in [5.41, 5.74) is 0.782. The van der Waals surface area contributed by atoms with Crippen molar-refractivity contribution in [2.75, 3.05) is 13.1 Å². The zero-order chi connectivity index (χ0) is 10.1. The van der Waals surface area contributed by atoms with Gasteiger partial charge < -0.3 is 5.32 Å². The van der Waals surface area contributed by atoms with E-state index >= 15 is 0 Å². The number of hydrogen-bond acceptors (Lipinski definition) is 1. The first-order valence-corrected chi connectivity index (χ1v) is 7.09. The fourth-order valence-corrected chi connectivity index (χ4v) is 4.49. The minimum absolute atomic E-state index is 0. The van der Waals surface area contributed by atoms with Gasteiger partial charge in [-0.15, -0.1) is 12.4 Å². The van der Waals surface area contributed by atoms with Gasteiger partial charge >= 0.3 is 0 Å². The van der Waals surface area contributed by atoms with Crippen LogP contribution < -0.4 is 5.32 Å². The lowest BCUT2D eigenvalue weighted by atomic mass is 9.58. The number of fused-ring (bicyclic) bond motifs is 1. The van der Waals surface area contributed by atoms with Gasteiger partial charge in [0.05, 0.1) is 0 Å². The lowest BCUT2D eigenvalue weighted by molar-refractivity contribution is 0.0354. The molecule has 0 aromatic heterocycles. The first-order valence-electron chi connectivity index (χ1n) is 7.09. The molecule has 0 amide bonds. The highest BCUT2D eigenvalue weighted by atomic mass is 35.5. The van der Waals surface area contributed by atoms with Gasteiger partial charge in [-0.2, -0.15) is 0 Å². The third-order valence-electron chi connectivity index (χ3n) is 5.47. The fourth-order valence-electron chi connectivity index (χ4n) is 4.49. The first-order chi connectivity index (χ1) is 7.38. The van der Waals surface area contributed by atoms with Crippen molar-refractivity contribution in [2.24, 2.45) is 17.3 Å². The molecule has 1 nitrogen and oxygen atoms in total. The summed E-state index contributed by atoms with van der Waals surface area (Å²) >= 11 is 0. The van der Waals surface area contributed by atoms with E-state index in [1.54, 1.807) is 32.1 Å². The van der Waals surface area contributed by atoms with Crippen LogP contribution in [-0.4, -0.2) is 13.1 Å². The van der Waals surface area contributed by atoms with Crippen LogP contribution in [0, 0.1) is 17.3 Å². The van der Waals surface area contributed by atoms with E-state index in [1.807, 2.05) is 0 Å². The zero-order valence-electron chi connectivity index (χ0n) is 10.3. The SMILES string of the molecule is C1CC[C@H]2CC3(CCNCC3)CC[C@@H]2C1.Cl. The molecule has 1 aliphatic heterocycles. The van der Waals surface area contributed by atoms with Crippen molar-refractivity contribution in [3.63, 3.8) is 0 Å². The molecule has 94 valence electrons. The van der Waals surface area contributed by atoms with Gasteiger partial charge in [0, 0.05) is 0 Å². The number of nitrogens with one attached hydrogen (secondary N) is 1. The summed E-state index contributed by atoms with van der Waals surface area (Å²) in [6.45, 7) is 2.58. The van der Waals surface area contributed by atoms with Crippen LogP contribution in [0.5, 0.6) is 0 Å². The highest BCUT2D eigenvalue weighted by molar-refractivity contribution is 5.85. The molecule has 0 radical (unpaired) electrons. The average molecular weight is 244 g/mol. The second-order valence-electron chi connectivity index (χ2n) is 6.30. The van der Waals surface area contributed by atoms with Gasteiger partial charge in [-0.1, -0.05) is 25.7 Å². The summed E-state index contributed by atoms with van der Waals surface area (Å²) in [7, 11) is 0. The monoisotopic (exact) mass is 243 g/mol. The van der Waals surface area contributed by atoms with Crippen molar-refractivity contribution in [1.29, 1.82) is 0 Å². The Morgan fingerprint density at radius 3 is 2.25 bits per heavy atom. The smallest absolute Gasteiger partial charge is 0.00436 e. The van der Waals surface area contributed by atoms with Crippen LogP contribution in [0.3, 0.4) is 0 Å². The average Bonchev–Trinajstić information content (AvgIpc) is 2.30. The molecule has 3 rings (SSSR count). The van der Waals surface area contributed by atoms with Gasteiger partial charge in [-0.3, -0.25) is 0 Å². The van der Waals surface area contributed by atoms with Crippen LogP contribution in [0.25, 0.3) is 0 Å². The Hall–Kier alpha value is 0.250. The molecule has 1 spiro atoms. The quantitative estimate of drug-likeness (QED) is 0.683. The predicted molar refractivity (Wildman–Crippen MR) is 71.1 cm³/mol. The van der Waals surface area contributed by atoms with Crippen LogP contribution in [0.2, 0.25) is 0 Å². The van der Waals surface area contributed by atoms with Gasteiger partial charge in [0.2, 0.25) is 0 Å². The molecule has 2 heteroatoms. The molecule has 0 unspecified atom stereocenters. The summed E-state index contributed by atoms with van der Waals surface area (Å²) < 4.78 is 0. The van der Waals surface area contributed by atoms with Gasteiger partial charge in [-0.25, -0.2) is 0 Å². The lowest BCUT2D eigenvalue weighted by Gasteiger charge is -2.48. The van der Waals surface area contributed by atoms with E-state index < -0.39 is 0 Å². The molecule has 2 atom stereocenters. The Kier molecular flexibility index (Phi) is 4.18. The zero-order valence-corrected chi connectivity index (χ0v) is 11.2. The molecule has 3 fully saturated rings. The van der Waals surface area contributed by atoms with Crippen LogP contribution in [0.4, 0.5) is 0 Å². The molecule has 16 heavy (non-hydrogen) atoms. The molecule has 2 aliphatic carbocycles. The van der Waals surface area contributed by atoms with E-state index in [4.69, 9.17) is 0 Å². The van der Waals surface area contributed by atoms with Gasteiger partial charge in [0.25, 0.3) is 0 Å². The standard InChI is InChI=1S/C14H25N.ClH/c1-2-4-13-11-14(6-5-12(13)3-1)7-9-15-10-8-14;/h12-13,15H,1-11H2;1H/t12-,13-;/m0./s1. The molecule has 2 saturated carbocycles. The van der Waals surface area contributed by atoms with Crippen molar-refractivity contribution in [3.05, 3.63) is 0 Å². The summed E-state index contributed by atoms with van der Waals surface area (Å²) in [6.07, 6.45) is 13.8. The first kappa shape index (κ1) is 12.7. The Bertz CT molecular complexity index is 223. The van der Waals surface area contributed by atoms with E-state index in [1.165, 1.54) is 38.8 Å². The highest BCUT2D eigenvalue weighted by Crippen LogP contribution is 2.51. The van der Waals surface area contributed by atoms with E-state index in [-0.39, 0.29) is 12.4 Å². The largest absolute Gasteiger partial charge is 0.317 e. The lowest BCUT2D eigenvalue weighted by Crippen LogP contribution is -2.42. The number of halogens is 1. The minimum atomic E-state index is 0. The molecule has 0 bridgehead atoms. The molecular weight excluding hydrogens is 218 g/mol. The summed E-state index contributed by atoms with van der Waals surface area (Å²) in [5.74, 6) is 2.24. The summed E-state index contributed by atoms with van der Waals surface area (Å²) in [5, 5.41) is 3.53. The Labute approximate surface area is 106 Å². The van der Waals surface area contributed by atoms with Crippen LogP contribution >= 0.6 is 12.4 Å². The molecule has 1 heterocycles. The number of hydrogen-bond donors (Lipinski definition) is 1. The van der Waals surface area contributed by atoms with Gasteiger partial charge in [0.15, 0.2) is 0 Å². The van der Waals surface area contributed by atoms with E-state index in [9.17, 15) is 0 Å². The van der Waals surface area contributed by atoms with Crippen molar-refractivity contribution in [3.8, 4) is 0 Å². The van der Waals surface area contributed by atoms with E-state index in [2.05, 4.69) is 5.32 Å². The Balaban J connectivity index is 0.000000963. The highest BCUT2D eigenvalue weighted by Gasteiger charge is 2.41. The third kappa shape index (κ3) is 2.41.